The number of imidazole rings is 1. The summed E-state index contributed by atoms with van der Waals surface area (Å²) in [6, 6.07) is 5.09. The molecule has 144 valence electrons. The number of carbonyl (C=O) groups is 2. The van der Waals surface area contributed by atoms with Crippen LogP contribution in [0, 0.1) is 11.8 Å². The summed E-state index contributed by atoms with van der Waals surface area (Å²) in [5.74, 6) is 0.801. The van der Waals surface area contributed by atoms with Crippen LogP contribution in [0.1, 0.15) is 21.0 Å². The number of fused-ring (bicyclic) bond motifs is 1. The summed E-state index contributed by atoms with van der Waals surface area (Å²) in [4.78, 5) is 28.8. The Kier molecular flexibility index (Phi) is 5.81. The van der Waals surface area contributed by atoms with Gasteiger partial charge in [-0.1, -0.05) is 11.6 Å². The molecule has 1 aromatic heterocycles. The molecule has 1 aromatic carbocycles. The molecule has 3 atom stereocenters. The molecule has 0 radical (unpaired) electrons. The van der Waals surface area contributed by atoms with Crippen molar-refractivity contribution in [3.05, 3.63) is 45.4 Å². The Labute approximate surface area is 175 Å². The Hall–Kier alpha value is -1.61. The average molecular weight is 475 g/mol. The van der Waals surface area contributed by atoms with Gasteiger partial charge in [-0.2, -0.15) is 0 Å². The minimum absolute atomic E-state index is 0. The molecule has 3 N–H and O–H groups in total. The smallest absolute Gasteiger partial charge is 0.291 e. The molecular weight excluding hydrogens is 457 g/mol. The largest absolute Gasteiger partial charge is 0.349 e. The molecule has 2 heterocycles. The quantitative estimate of drug-likeness (QED) is 0.635. The standard InChI is InChI=1S/C17H17BrClN5O2.ClH/c1-24-13(18)7-21-15(24)17(26)22-8-2-3-9(12(19)4-8)16(25)23-14-10-5-20-6-11(10)14;/h2-4,7,10-11,14,20H,5-6H2,1H3,(H,22,26)(H,23,25);1H/t10-,11+,14?;. The van der Waals surface area contributed by atoms with Crippen LogP contribution < -0.4 is 16.0 Å². The number of carbonyl (C=O) groups excluding carboxylic acids is 2. The Balaban J connectivity index is 0.00000210. The second-order valence-corrected chi connectivity index (χ2v) is 7.82. The number of halogens is 3. The van der Waals surface area contributed by atoms with E-state index >= 15 is 0 Å². The highest BCUT2D eigenvalue weighted by Crippen LogP contribution is 2.41. The van der Waals surface area contributed by atoms with Crippen molar-refractivity contribution < 1.29 is 9.59 Å². The van der Waals surface area contributed by atoms with Crippen molar-refractivity contribution >= 4 is 57.4 Å². The van der Waals surface area contributed by atoms with Crippen molar-refractivity contribution in [2.75, 3.05) is 18.4 Å². The van der Waals surface area contributed by atoms with Gasteiger partial charge in [-0.3, -0.25) is 9.59 Å². The molecule has 1 saturated carbocycles. The minimum atomic E-state index is -0.357. The third-order valence-corrected chi connectivity index (χ3v) is 6.05. The SMILES string of the molecule is Cl.Cn1c(Br)cnc1C(=O)Nc1ccc(C(=O)NC2[C@H]3CNC[C@@H]23)c(Cl)c1. The van der Waals surface area contributed by atoms with Crippen LogP contribution in [0.15, 0.2) is 29.0 Å². The topological polar surface area (TPSA) is 88.0 Å². The first-order valence-corrected chi connectivity index (χ1v) is 9.42. The van der Waals surface area contributed by atoms with E-state index in [4.69, 9.17) is 11.6 Å². The highest BCUT2D eigenvalue weighted by atomic mass is 79.9. The van der Waals surface area contributed by atoms with E-state index < -0.39 is 0 Å². The first-order chi connectivity index (χ1) is 12.5. The molecule has 1 saturated heterocycles. The van der Waals surface area contributed by atoms with Gasteiger partial charge < -0.3 is 20.5 Å². The van der Waals surface area contributed by atoms with Crippen molar-refractivity contribution in [3.63, 3.8) is 0 Å². The zero-order valence-electron chi connectivity index (χ0n) is 14.3. The highest BCUT2D eigenvalue weighted by molar-refractivity contribution is 9.10. The van der Waals surface area contributed by atoms with Crippen LogP contribution in [-0.2, 0) is 7.05 Å². The normalized spacial score (nSPS) is 22.6. The van der Waals surface area contributed by atoms with E-state index in [2.05, 4.69) is 36.9 Å². The maximum Gasteiger partial charge on any atom is 0.291 e. The summed E-state index contributed by atoms with van der Waals surface area (Å²) in [6.07, 6.45) is 1.55. The van der Waals surface area contributed by atoms with E-state index in [1.165, 1.54) is 0 Å². The lowest BCUT2D eigenvalue weighted by Crippen LogP contribution is -2.32. The van der Waals surface area contributed by atoms with Gasteiger partial charge >= 0.3 is 0 Å². The molecule has 2 amide bonds. The molecule has 1 aliphatic carbocycles. The van der Waals surface area contributed by atoms with Crippen LogP contribution in [0.4, 0.5) is 5.69 Å². The minimum Gasteiger partial charge on any atom is -0.349 e. The fraction of sp³-hybridized carbons (Fsp3) is 0.353. The lowest BCUT2D eigenvalue weighted by atomic mass is 10.2. The van der Waals surface area contributed by atoms with Gasteiger partial charge in [0.2, 0.25) is 0 Å². The molecule has 27 heavy (non-hydrogen) atoms. The van der Waals surface area contributed by atoms with Crippen LogP contribution in [0.5, 0.6) is 0 Å². The van der Waals surface area contributed by atoms with Crippen LogP contribution in [0.3, 0.4) is 0 Å². The highest BCUT2D eigenvalue weighted by Gasteiger charge is 2.53. The third kappa shape index (κ3) is 3.85. The zero-order chi connectivity index (χ0) is 18.4. The lowest BCUT2D eigenvalue weighted by Gasteiger charge is -2.11. The molecule has 2 aliphatic rings. The fourth-order valence-electron chi connectivity index (χ4n) is 3.43. The summed E-state index contributed by atoms with van der Waals surface area (Å²) in [5.41, 5.74) is 0.908. The molecule has 4 rings (SSSR count). The van der Waals surface area contributed by atoms with E-state index in [9.17, 15) is 9.59 Å². The van der Waals surface area contributed by atoms with Gasteiger partial charge in [0.1, 0.15) is 4.60 Å². The molecule has 1 unspecified atom stereocenters. The van der Waals surface area contributed by atoms with Crippen LogP contribution in [0.2, 0.25) is 5.02 Å². The monoisotopic (exact) mass is 473 g/mol. The number of nitrogens with zero attached hydrogens (tertiary/aromatic N) is 2. The number of amides is 2. The second-order valence-electron chi connectivity index (χ2n) is 6.60. The summed E-state index contributed by atoms with van der Waals surface area (Å²) in [7, 11) is 1.73. The maximum absolute atomic E-state index is 12.4. The van der Waals surface area contributed by atoms with Crippen molar-refractivity contribution in [2.24, 2.45) is 18.9 Å². The lowest BCUT2D eigenvalue weighted by molar-refractivity contribution is 0.0946. The van der Waals surface area contributed by atoms with Crippen molar-refractivity contribution in [1.82, 2.24) is 20.2 Å². The molecule has 0 spiro atoms. The molecule has 10 heteroatoms. The van der Waals surface area contributed by atoms with E-state index in [1.54, 1.807) is 36.0 Å². The van der Waals surface area contributed by atoms with E-state index in [1.807, 2.05) is 0 Å². The van der Waals surface area contributed by atoms with Gasteiger partial charge in [0.05, 0.1) is 16.8 Å². The third-order valence-electron chi connectivity index (χ3n) is 5.00. The van der Waals surface area contributed by atoms with Gasteiger partial charge in [-0.15, -0.1) is 12.4 Å². The van der Waals surface area contributed by atoms with Crippen LogP contribution in [-0.4, -0.2) is 40.5 Å². The number of nitrogens with one attached hydrogen (secondary N) is 3. The predicted molar refractivity (Wildman–Crippen MR) is 109 cm³/mol. The van der Waals surface area contributed by atoms with Gasteiger partial charge in [0.15, 0.2) is 5.82 Å². The fourth-order valence-corrected chi connectivity index (χ4v) is 3.96. The first-order valence-electron chi connectivity index (χ1n) is 8.25. The molecule has 0 bridgehead atoms. The Morgan fingerprint density at radius 1 is 1.30 bits per heavy atom. The van der Waals surface area contributed by atoms with Crippen molar-refractivity contribution in [1.29, 1.82) is 0 Å². The number of rotatable bonds is 4. The van der Waals surface area contributed by atoms with Gasteiger partial charge in [-0.25, -0.2) is 4.98 Å². The Bertz CT molecular complexity index is 893. The predicted octanol–water partition coefficient (Wildman–Crippen LogP) is 2.46. The average Bonchev–Trinajstić information content (AvgIpc) is 2.94. The summed E-state index contributed by atoms with van der Waals surface area (Å²) >= 11 is 9.56. The number of benzene rings is 1. The molecular formula is C17H18BrCl2N5O2. The van der Waals surface area contributed by atoms with Gasteiger partial charge in [-0.05, 0) is 46.0 Å². The second kappa shape index (κ2) is 7.79. The molecule has 1 aliphatic heterocycles. The van der Waals surface area contributed by atoms with E-state index in [0.717, 1.165) is 13.1 Å². The van der Waals surface area contributed by atoms with Gasteiger partial charge in [0.25, 0.3) is 11.8 Å². The van der Waals surface area contributed by atoms with Crippen molar-refractivity contribution in [3.8, 4) is 0 Å². The zero-order valence-corrected chi connectivity index (χ0v) is 17.5. The summed E-state index contributed by atoms with van der Waals surface area (Å²) < 4.78 is 2.33. The van der Waals surface area contributed by atoms with E-state index in [-0.39, 0.29) is 36.1 Å². The molecule has 2 fully saturated rings. The Morgan fingerprint density at radius 3 is 2.59 bits per heavy atom. The number of aromatic nitrogens is 2. The summed E-state index contributed by atoms with van der Waals surface area (Å²) in [5, 5.41) is 9.37. The maximum atomic E-state index is 12.4. The molecule has 7 nitrogen and oxygen atoms in total. The number of hydrogen-bond donors (Lipinski definition) is 3. The Morgan fingerprint density at radius 2 is 2.00 bits per heavy atom. The van der Waals surface area contributed by atoms with E-state index in [0.29, 0.717) is 32.7 Å². The van der Waals surface area contributed by atoms with Crippen molar-refractivity contribution in [2.45, 2.75) is 6.04 Å². The number of anilines is 1. The summed E-state index contributed by atoms with van der Waals surface area (Å²) in [6.45, 7) is 1.91. The number of hydrogen-bond acceptors (Lipinski definition) is 4. The van der Waals surface area contributed by atoms with Gasteiger partial charge in [0, 0.05) is 31.9 Å². The van der Waals surface area contributed by atoms with Crippen LogP contribution in [0.25, 0.3) is 0 Å². The number of piperidine rings is 1. The molecule has 2 aromatic rings. The first kappa shape index (κ1) is 20.1. The van der Waals surface area contributed by atoms with Crippen LogP contribution >= 0.6 is 39.9 Å².